The van der Waals surface area contributed by atoms with Gasteiger partial charge >= 0.3 is 0 Å². The van der Waals surface area contributed by atoms with Gasteiger partial charge in [0.25, 0.3) is 0 Å². The lowest BCUT2D eigenvalue weighted by atomic mass is 10.1. The molecule has 2 unspecified atom stereocenters. The number of nitrogens with one attached hydrogen (secondary N) is 1. The Kier molecular flexibility index (Phi) is 5.29. The van der Waals surface area contributed by atoms with E-state index in [1.807, 2.05) is 11.3 Å². The van der Waals surface area contributed by atoms with Crippen LogP contribution in [0.3, 0.4) is 0 Å². The van der Waals surface area contributed by atoms with Crippen molar-refractivity contribution in [1.82, 2.24) is 5.32 Å². The first-order valence-electron chi connectivity index (χ1n) is 5.67. The van der Waals surface area contributed by atoms with E-state index in [-0.39, 0.29) is 6.04 Å². The van der Waals surface area contributed by atoms with Crippen molar-refractivity contribution in [2.45, 2.75) is 39.8 Å². The van der Waals surface area contributed by atoms with Gasteiger partial charge in [0.05, 0.1) is 0 Å². The van der Waals surface area contributed by atoms with Crippen LogP contribution in [0.4, 0.5) is 0 Å². The molecule has 1 aromatic rings. The first-order chi connectivity index (χ1) is 7.13. The molecule has 3 heteroatoms. The molecule has 0 saturated heterocycles. The summed E-state index contributed by atoms with van der Waals surface area (Å²) in [4.78, 5) is 2.88. The highest BCUT2D eigenvalue weighted by molar-refractivity contribution is 7.11. The lowest BCUT2D eigenvalue weighted by molar-refractivity contribution is 0.446. The zero-order valence-corrected chi connectivity index (χ0v) is 10.7. The molecule has 0 spiro atoms. The molecule has 0 aliphatic heterocycles. The highest BCUT2D eigenvalue weighted by Crippen LogP contribution is 2.16. The summed E-state index contributed by atoms with van der Waals surface area (Å²) in [6.07, 6.45) is 1.14. The summed E-state index contributed by atoms with van der Waals surface area (Å²) in [6, 6.07) is 4.70. The second-order valence-electron chi connectivity index (χ2n) is 4.19. The van der Waals surface area contributed by atoms with E-state index in [1.54, 1.807) is 0 Å². The van der Waals surface area contributed by atoms with Crippen molar-refractivity contribution in [2.24, 2.45) is 11.7 Å². The summed E-state index contributed by atoms with van der Waals surface area (Å²) >= 11 is 1.90. The SMILES string of the molecule is CCc1ccc(CNCC(C)C(C)N)s1. The van der Waals surface area contributed by atoms with Gasteiger partial charge in [-0.2, -0.15) is 0 Å². The van der Waals surface area contributed by atoms with Crippen LogP contribution in [0, 0.1) is 5.92 Å². The smallest absolute Gasteiger partial charge is 0.0299 e. The molecule has 86 valence electrons. The van der Waals surface area contributed by atoms with Gasteiger partial charge in [0.15, 0.2) is 0 Å². The van der Waals surface area contributed by atoms with Crippen LogP contribution in [0.2, 0.25) is 0 Å². The first kappa shape index (κ1) is 12.7. The van der Waals surface area contributed by atoms with Crippen molar-refractivity contribution in [3.8, 4) is 0 Å². The van der Waals surface area contributed by atoms with E-state index in [9.17, 15) is 0 Å². The van der Waals surface area contributed by atoms with Crippen molar-refractivity contribution < 1.29 is 0 Å². The summed E-state index contributed by atoms with van der Waals surface area (Å²) in [5.41, 5.74) is 5.80. The van der Waals surface area contributed by atoms with E-state index >= 15 is 0 Å². The van der Waals surface area contributed by atoms with Crippen LogP contribution in [-0.2, 0) is 13.0 Å². The van der Waals surface area contributed by atoms with Gasteiger partial charge in [0.1, 0.15) is 0 Å². The molecule has 0 radical (unpaired) electrons. The summed E-state index contributed by atoms with van der Waals surface area (Å²) in [7, 11) is 0. The standard InChI is InChI=1S/C12H22N2S/c1-4-11-5-6-12(15-11)8-14-7-9(2)10(3)13/h5-6,9-10,14H,4,7-8,13H2,1-3H3. The minimum Gasteiger partial charge on any atom is -0.328 e. The molecule has 0 fully saturated rings. The zero-order chi connectivity index (χ0) is 11.3. The van der Waals surface area contributed by atoms with E-state index in [0.717, 1.165) is 19.5 Å². The van der Waals surface area contributed by atoms with Gasteiger partial charge in [0.2, 0.25) is 0 Å². The van der Waals surface area contributed by atoms with Gasteiger partial charge in [-0.3, -0.25) is 0 Å². The molecule has 0 aliphatic rings. The molecule has 3 N–H and O–H groups in total. The van der Waals surface area contributed by atoms with E-state index in [1.165, 1.54) is 9.75 Å². The third kappa shape index (κ3) is 4.33. The van der Waals surface area contributed by atoms with Crippen LogP contribution in [0.15, 0.2) is 12.1 Å². The number of thiophene rings is 1. The summed E-state index contributed by atoms with van der Waals surface area (Å²) in [5, 5.41) is 3.45. The molecular formula is C12H22N2S. The Labute approximate surface area is 96.9 Å². The number of rotatable bonds is 6. The molecule has 1 rings (SSSR count). The summed E-state index contributed by atoms with van der Waals surface area (Å²) in [5.74, 6) is 0.538. The van der Waals surface area contributed by atoms with Gasteiger partial charge in [-0.1, -0.05) is 13.8 Å². The fraction of sp³-hybridized carbons (Fsp3) is 0.667. The van der Waals surface area contributed by atoms with Crippen molar-refractivity contribution >= 4 is 11.3 Å². The normalized spacial score (nSPS) is 15.2. The molecule has 0 bridgehead atoms. The Hall–Kier alpha value is -0.380. The molecular weight excluding hydrogens is 204 g/mol. The van der Waals surface area contributed by atoms with Gasteiger partial charge in [0, 0.05) is 22.3 Å². The van der Waals surface area contributed by atoms with Crippen LogP contribution in [0.5, 0.6) is 0 Å². The van der Waals surface area contributed by atoms with E-state index in [2.05, 4.69) is 38.2 Å². The first-order valence-corrected chi connectivity index (χ1v) is 6.49. The van der Waals surface area contributed by atoms with Gasteiger partial charge in [-0.15, -0.1) is 11.3 Å². The third-order valence-corrected chi connectivity index (χ3v) is 3.96. The lowest BCUT2D eigenvalue weighted by Gasteiger charge is -2.15. The van der Waals surface area contributed by atoms with Gasteiger partial charge in [-0.25, -0.2) is 0 Å². The maximum absolute atomic E-state index is 5.80. The summed E-state index contributed by atoms with van der Waals surface area (Å²) in [6.45, 7) is 8.41. The second-order valence-corrected chi connectivity index (χ2v) is 5.44. The maximum atomic E-state index is 5.80. The molecule has 1 heterocycles. The monoisotopic (exact) mass is 226 g/mol. The number of aryl methyl sites for hydroxylation is 1. The Morgan fingerprint density at radius 1 is 1.33 bits per heavy atom. The fourth-order valence-electron chi connectivity index (χ4n) is 1.32. The number of hydrogen-bond acceptors (Lipinski definition) is 3. The topological polar surface area (TPSA) is 38.0 Å². The Bertz CT molecular complexity index is 281. The minimum atomic E-state index is 0.270. The number of hydrogen-bond donors (Lipinski definition) is 2. The maximum Gasteiger partial charge on any atom is 0.0299 e. The van der Waals surface area contributed by atoms with Crippen LogP contribution in [0.25, 0.3) is 0 Å². The van der Waals surface area contributed by atoms with Crippen molar-refractivity contribution in [3.05, 3.63) is 21.9 Å². The van der Waals surface area contributed by atoms with E-state index < -0.39 is 0 Å². The minimum absolute atomic E-state index is 0.270. The summed E-state index contributed by atoms with van der Waals surface area (Å²) < 4.78 is 0. The molecule has 0 aliphatic carbocycles. The van der Waals surface area contributed by atoms with Crippen LogP contribution >= 0.6 is 11.3 Å². The predicted octanol–water partition coefficient (Wildman–Crippen LogP) is 2.38. The fourth-order valence-corrected chi connectivity index (χ4v) is 2.24. The molecule has 2 atom stereocenters. The number of nitrogens with two attached hydrogens (primary N) is 1. The molecule has 0 aromatic carbocycles. The van der Waals surface area contributed by atoms with Gasteiger partial charge < -0.3 is 11.1 Å². The molecule has 0 saturated carbocycles. The Morgan fingerprint density at radius 3 is 2.53 bits per heavy atom. The van der Waals surface area contributed by atoms with Crippen LogP contribution in [-0.4, -0.2) is 12.6 Å². The lowest BCUT2D eigenvalue weighted by Crippen LogP contribution is -2.32. The largest absolute Gasteiger partial charge is 0.328 e. The van der Waals surface area contributed by atoms with Gasteiger partial charge in [-0.05, 0) is 37.9 Å². The molecule has 1 aromatic heterocycles. The quantitative estimate of drug-likeness (QED) is 0.781. The predicted molar refractivity (Wildman–Crippen MR) is 68.2 cm³/mol. The van der Waals surface area contributed by atoms with Crippen molar-refractivity contribution in [1.29, 1.82) is 0 Å². The zero-order valence-electron chi connectivity index (χ0n) is 9.92. The highest BCUT2D eigenvalue weighted by atomic mass is 32.1. The average Bonchev–Trinajstić information content (AvgIpc) is 2.65. The van der Waals surface area contributed by atoms with Crippen LogP contribution in [0.1, 0.15) is 30.5 Å². The van der Waals surface area contributed by atoms with E-state index in [4.69, 9.17) is 5.73 Å². The Morgan fingerprint density at radius 2 is 2.00 bits per heavy atom. The Balaban J connectivity index is 2.25. The molecule has 15 heavy (non-hydrogen) atoms. The molecule has 0 amide bonds. The van der Waals surface area contributed by atoms with E-state index in [0.29, 0.717) is 5.92 Å². The average molecular weight is 226 g/mol. The second kappa shape index (κ2) is 6.26. The third-order valence-electron chi connectivity index (χ3n) is 2.73. The van der Waals surface area contributed by atoms with Crippen LogP contribution < -0.4 is 11.1 Å². The highest BCUT2D eigenvalue weighted by Gasteiger charge is 2.06. The van der Waals surface area contributed by atoms with Crippen molar-refractivity contribution in [2.75, 3.05) is 6.54 Å². The molecule has 2 nitrogen and oxygen atoms in total. The van der Waals surface area contributed by atoms with Crippen molar-refractivity contribution in [3.63, 3.8) is 0 Å².